The summed E-state index contributed by atoms with van der Waals surface area (Å²) in [4.78, 5) is 19.8. The fourth-order valence-electron chi connectivity index (χ4n) is 2.16. The van der Waals surface area contributed by atoms with Crippen molar-refractivity contribution in [3.63, 3.8) is 0 Å². The number of hydrogen-bond donors (Lipinski definition) is 2. The Morgan fingerprint density at radius 3 is 2.58 bits per heavy atom. The monoisotopic (exact) mass is 381 g/mol. The summed E-state index contributed by atoms with van der Waals surface area (Å²) in [6.45, 7) is 0. The third kappa shape index (κ3) is 3.77. The van der Waals surface area contributed by atoms with Crippen LogP contribution in [0.15, 0.2) is 55.1 Å². The Hall–Kier alpha value is -3.07. The van der Waals surface area contributed by atoms with Gasteiger partial charge < -0.3 is 4.57 Å². The Morgan fingerprint density at radius 1 is 1.19 bits per heavy atom. The predicted octanol–water partition coefficient (Wildman–Crippen LogP) is 3.70. The summed E-state index contributed by atoms with van der Waals surface area (Å²) in [7, 11) is 0. The zero-order valence-corrected chi connectivity index (χ0v) is 13.7. The molecule has 0 spiro atoms. The van der Waals surface area contributed by atoms with Crippen LogP contribution in [0.2, 0.25) is 5.02 Å². The first kappa shape index (κ1) is 17.7. The van der Waals surface area contributed by atoms with E-state index in [9.17, 15) is 18.0 Å². The van der Waals surface area contributed by atoms with E-state index in [1.54, 1.807) is 47.4 Å². The molecular formula is C16H11ClF3N5O. The Balaban J connectivity index is 1.74. The van der Waals surface area contributed by atoms with Gasteiger partial charge in [0.05, 0.1) is 10.6 Å². The number of nitrogens with one attached hydrogen (secondary N) is 2. The summed E-state index contributed by atoms with van der Waals surface area (Å²) in [5, 5.41) is -0.273. The molecule has 0 saturated carbocycles. The maximum atomic E-state index is 12.6. The quantitative estimate of drug-likeness (QED) is 0.676. The molecule has 1 amide bonds. The van der Waals surface area contributed by atoms with Crippen LogP contribution >= 0.6 is 11.6 Å². The zero-order chi connectivity index (χ0) is 18.7. The maximum absolute atomic E-state index is 12.6. The third-order valence-electron chi connectivity index (χ3n) is 3.39. The predicted molar refractivity (Wildman–Crippen MR) is 88.9 cm³/mol. The first-order valence-electron chi connectivity index (χ1n) is 7.23. The summed E-state index contributed by atoms with van der Waals surface area (Å²) in [6, 6.07) is 7.43. The van der Waals surface area contributed by atoms with Crippen LogP contribution in [0.25, 0.3) is 5.69 Å². The molecule has 3 rings (SSSR count). The van der Waals surface area contributed by atoms with Crippen LogP contribution in [-0.4, -0.2) is 20.4 Å². The van der Waals surface area contributed by atoms with Gasteiger partial charge in [0.2, 0.25) is 0 Å². The average molecular weight is 382 g/mol. The van der Waals surface area contributed by atoms with E-state index in [0.717, 1.165) is 11.8 Å². The Bertz CT molecular complexity index is 927. The molecule has 3 heterocycles. The minimum atomic E-state index is -4.55. The summed E-state index contributed by atoms with van der Waals surface area (Å²) in [5.74, 6) is -0.625. The van der Waals surface area contributed by atoms with Crippen LogP contribution in [0.3, 0.4) is 0 Å². The molecule has 0 saturated heterocycles. The van der Waals surface area contributed by atoms with Crippen LogP contribution < -0.4 is 10.9 Å². The number of hydrazine groups is 1. The van der Waals surface area contributed by atoms with Crippen molar-refractivity contribution in [1.29, 1.82) is 0 Å². The van der Waals surface area contributed by atoms with Gasteiger partial charge in [0.1, 0.15) is 5.69 Å². The molecule has 2 N–H and O–H groups in total. The van der Waals surface area contributed by atoms with Crippen molar-refractivity contribution in [1.82, 2.24) is 20.0 Å². The lowest BCUT2D eigenvalue weighted by Gasteiger charge is -2.13. The minimum Gasteiger partial charge on any atom is -0.312 e. The molecule has 0 aliphatic heterocycles. The van der Waals surface area contributed by atoms with Crippen molar-refractivity contribution in [3.8, 4) is 5.69 Å². The molecule has 26 heavy (non-hydrogen) atoms. The second kappa shape index (κ2) is 7.04. The topological polar surface area (TPSA) is 71.8 Å². The number of aromatic nitrogens is 3. The highest BCUT2D eigenvalue weighted by Gasteiger charge is 2.31. The number of rotatable bonds is 4. The average Bonchev–Trinajstić information content (AvgIpc) is 3.10. The molecule has 0 fully saturated rings. The van der Waals surface area contributed by atoms with Crippen LogP contribution in [0.1, 0.15) is 16.1 Å². The van der Waals surface area contributed by atoms with Crippen molar-refractivity contribution in [2.75, 3.05) is 5.43 Å². The number of nitrogens with zero attached hydrogens (tertiary/aromatic N) is 3. The van der Waals surface area contributed by atoms with Gasteiger partial charge in [-0.05, 0) is 30.3 Å². The number of hydrogen-bond acceptors (Lipinski definition) is 4. The van der Waals surface area contributed by atoms with Gasteiger partial charge in [-0.3, -0.25) is 20.6 Å². The highest BCUT2D eigenvalue weighted by atomic mass is 35.5. The van der Waals surface area contributed by atoms with Gasteiger partial charge in [-0.2, -0.15) is 13.2 Å². The van der Waals surface area contributed by atoms with Gasteiger partial charge in [0, 0.05) is 30.5 Å². The number of anilines is 1. The van der Waals surface area contributed by atoms with Gasteiger partial charge in [-0.25, -0.2) is 4.98 Å². The van der Waals surface area contributed by atoms with E-state index in [0.29, 0.717) is 11.9 Å². The van der Waals surface area contributed by atoms with E-state index in [1.165, 1.54) is 0 Å². The molecule has 0 atom stereocenters. The number of pyridine rings is 2. The van der Waals surface area contributed by atoms with Crippen molar-refractivity contribution < 1.29 is 18.0 Å². The van der Waals surface area contributed by atoms with Gasteiger partial charge in [0.15, 0.2) is 5.82 Å². The molecule has 0 aromatic carbocycles. The molecule has 6 nitrogen and oxygen atoms in total. The molecule has 134 valence electrons. The second-order valence-corrected chi connectivity index (χ2v) is 5.51. The highest BCUT2D eigenvalue weighted by molar-refractivity contribution is 6.33. The molecular weight excluding hydrogens is 371 g/mol. The molecule has 10 heteroatoms. The van der Waals surface area contributed by atoms with E-state index in [-0.39, 0.29) is 10.8 Å². The number of carbonyl (C=O) groups is 1. The summed E-state index contributed by atoms with van der Waals surface area (Å²) in [5.41, 5.74) is 4.82. The van der Waals surface area contributed by atoms with Crippen molar-refractivity contribution >= 4 is 23.3 Å². The molecule has 0 bridgehead atoms. The third-order valence-corrected chi connectivity index (χ3v) is 3.67. The first-order valence-corrected chi connectivity index (χ1v) is 7.61. The van der Waals surface area contributed by atoms with Crippen LogP contribution in [0.5, 0.6) is 0 Å². The molecule has 3 aromatic heterocycles. The number of alkyl halides is 3. The second-order valence-electron chi connectivity index (χ2n) is 5.10. The van der Waals surface area contributed by atoms with Gasteiger partial charge >= 0.3 is 6.18 Å². The van der Waals surface area contributed by atoms with Gasteiger partial charge in [0.25, 0.3) is 5.91 Å². The zero-order valence-electron chi connectivity index (χ0n) is 13.0. The van der Waals surface area contributed by atoms with E-state index in [4.69, 9.17) is 11.6 Å². The molecule has 3 aromatic rings. The Kier molecular flexibility index (Phi) is 4.81. The fraction of sp³-hybridized carbons (Fsp3) is 0.0625. The summed E-state index contributed by atoms with van der Waals surface area (Å²) < 4.78 is 39.5. The highest BCUT2D eigenvalue weighted by Crippen LogP contribution is 2.32. The maximum Gasteiger partial charge on any atom is 0.417 e. The van der Waals surface area contributed by atoms with Gasteiger partial charge in [-0.15, -0.1) is 0 Å². The number of carbonyl (C=O) groups excluding carboxylic acids is 1. The van der Waals surface area contributed by atoms with E-state index in [2.05, 4.69) is 20.8 Å². The molecule has 0 radical (unpaired) electrons. The first-order chi connectivity index (χ1) is 12.4. The van der Waals surface area contributed by atoms with Gasteiger partial charge in [-0.1, -0.05) is 11.6 Å². The van der Waals surface area contributed by atoms with Crippen molar-refractivity contribution in [2.24, 2.45) is 0 Å². The standard InChI is InChI=1S/C16H11ClF3N5O/c17-12-8-10(16(18,19)20)9-22-14(12)23-24-15(26)13-2-1-7-25(13)11-3-5-21-6-4-11/h1-9H,(H,22,23)(H,24,26). The lowest BCUT2D eigenvalue weighted by atomic mass is 10.3. The van der Waals surface area contributed by atoms with Crippen molar-refractivity contribution in [3.05, 3.63) is 71.4 Å². The van der Waals surface area contributed by atoms with E-state index in [1.807, 2.05) is 0 Å². The normalized spacial score (nSPS) is 11.2. The largest absolute Gasteiger partial charge is 0.417 e. The van der Waals surface area contributed by atoms with E-state index >= 15 is 0 Å². The molecule has 0 unspecified atom stereocenters. The SMILES string of the molecule is O=C(NNc1ncc(C(F)(F)F)cc1Cl)c1cccn1-c1ccncc1. The lowest BCUT2D eigenvalue weighted by molar-refractivity contribution is -0.137. The van der Waals surface area contributed by atoms with Crippen molar-refractivity contribution in [2.45, 2.75) is 6.18 Å². The number of halogens is 4. The minimum absolute atomic E-state index is 0.102. The van der Waals surface area contributed by atoms with Crippen LogP contribution in [0.4, 0.5) is 19.0 Å². The molecule has 0 aliphatic rings. The van der Waals surface area contributed by atoms with Crippen LogP contribution in [-0.2, 0) is 6.18 Å². The van der Waals surface area contributed by atoms with Crippen LogP contribution in [0, 0.1) is 0 Å². The molecule has 0 aliphatic carbocycles. The lowest BCUT2D eigenvalue weighted by Crippen LogP contribution is -2.31. The summed E-state index contributed by atoms with van der Waals surface area (Å²) in [6.07, 6.45) is 0.930. The summed E-state index contributed by atoms with van der Waals surface area (Å²) >= 11 is 5.78. The Morgan fingerprint density at radius 2 is 1.92 bits per heavy atom. The fourth-order valence-corrected chi connectivity index (χ4v) is 2.37. The van der Waals surface area contributed by atoms with E-state index < -0.39 is 17.6 Å². The smallest absolute Gasteiger partial charge is 0.312 e. The Labute approximate surface area is 150 Å². The number of amides is 1.